The Morgan fingerprint density at radius 1 is 0.962 bits per heavy atom. The summed E-state index contributed by atoms with van der Waals surface area (Å²) in [6, 6.07) is 18.2. The number of aliphatic imine (C=N–C) groups is 1. The van der Waals surface area contributed by atoms with Crippen LogP contribution in [0.1, 0.15) is 16.8 Å². The Labute approximate surface area is 156 Å². The molecule has 0 atom stereocenters. The van der Waals surface area contributed by atoms with Gasteiger partial charge < -0.3 is 4.43 Å². The third-order valence-corrected chi connectivity index (χ3v) is 4.64. The first-order chi connectivity index (χ1) is 12.3. The highest BCUT2D eigenvalue weighted by molar-refractivity contribution is 6.70. The van der Waals surface area contributed by atoms with E-state index in [9.17, 15) is 0 Å². The molecule has 0 bridgehead atoms. The number of rotatable bonds is 4. The monoisotopic (exact) mass is 363 g/mol. The molecule has 0 aliphatic heterocycles. The lowest BCUT2D eigenvalue weighted by molar-refractivity contribution is 0.558. The molecule has 26 heavy (non-hydrogen) atoms. The average molecular weight is 364 g/mol. The second kappa shape index (κ2) is 7.29. The fourth-order valence-electron chi connectivity index (χ4n) is 2.66. The fourth-order valence-corrected chi connectivity index (χ4v) is 3.49. The van der Waals surface area contributed by atoms with Crippen LogP contribution in [0.15, 0.2) is 65.8 Å². The summed E-state index contributed by atoms with van der Waals surface area (Å²) in [5.41, 5.74) is 3.91. The number of hydrogen-bond acceptors (Lipinski definition) is 3. The van der Waals surface area contributed by atoms with Crippen LogP contribution in [0.4, 0.5) is 5.69 Å². The molecule has 4 nitrogen and oxygen atoms in total. The quantitative estimate of drug-likeness (QED) is 0.356. The smallest absolute Gasteiger partial charge is 0.242 e. The van der Waals surface area contributed by atoms with E-state index in [4.69, 9.17) is 9.42 Å². The van der Waals surface area contributed by atoms with E-state index in [2.05, 4.69) is 37.7 Å². The molecule has 0 unspecified atom stereocenters. The van der Waals surface area contributed by atoms with Crippen LogP contribution in [0, 0.1) is 13.8 Å². The van der Waals surface area contributed by atoms with Crippen LogP contribution in [0.3, 0.4) is 0 Å². The first kappa shape index (κ1) is 18.1. The summed E-state index contributed by atoms with van der Waals surface area (Å²) in [4.78, 5) is 5.01. The van der Waals surface area contributed by atoms with Crippen molar-refractivity contribution >= 4 is 19.8 Å². The minimum Gasteiger partial charge on any atom is -0.543 e. The van der Waals surface area contributed by atoms with Crippen molar-refractivity contribution in [3.8, 4) is 5.75 Å². The minimum atomic E-state index is -1.75. The highest BCUT2D eigenvalue weighted by Crippen LogP contribution is 2.33. The molecule has 1 heterocycles. The van der Waals surface area contributed by atoms with Crippen LogP contribution in [0.25, 0.3) is 0 Å². The normalized spacial score (nSPS) is 12.3. The number of hydrogen-bond donors (Lipinski definition) is 0. The number of nitrogens with zero attached hydrogens (tertiary/aromatic N) is 3. The zero-order valence-electron chi connectivity index (χ0n) is 16.0. The standard InChI is InChI=1S/C21H25N3OSi/c1-16-10-9-13-19(25-26(3,4)5)20(16)22-21(18-11-7-6-8-12-18)24-15-14-17(2)23-24/h6-15H,1-5H3. The van der Waals surface area contributed by atoms with Crippen LogP contribution >= 0.6 is 0 Å². The van der Waals surface area contributed by atoms with Gasteiger partial charge in [0.25, 0.3) is 0 Å². The highest BCUT2D eigenvalue weighted by Gasteiger charge is 2.19. The molecule has 0 radical (unpaired) electrons. The SMILES string of the molecule is Cc1ccn(C(=Nc2c(C)cccc2O[Si](C)(C)C)c2ccccc2)n1. The van der Waals surface area contributed by atoms with E-state index < -0.39 is 8.32 Å². The fraction of sp³-hybridized carbons (Fsp3) is 0.238. The molecular weight excluding hydrogens is 338 g/mol. The van der Waals surface area contributed by atoms with Gasteiger partial charge in [0, 0.05) is 11.8 Å². The molecule has 0 N–H and O–H groups in total. The molecular formula is C21H25N3OSi. The average Bonchev–Trinajstić information content (AvgIpc) is 3.00. The number of benzene rings is 2. The minimum absolute atomic E-state index is 0.786. The maximum atomic E-state index is 6.29. The maximum absolute atomic E-state index is 6.29. The molecule has 5 heteroatoms. The third kappa shape index (κ3) is 4.29. The lowest BCUT2D eigenvalue weighted by Crippen LogP contribution is -2.29. The largest absolute Gasteiger partial charge is 0.543 e. The van der Waals surface area contributed by atoms with E-state index in [1.807, 2.05) is 66.3 Å². The van der Waals surface area contributed by atoms with Gasteiger partial charge in [-0.25, -0.2) is 9.67 Å². The number of para-hydroxylation sites is 1. The lowest BCUT2D eigenvalue weighted by atomic mass is 10.1. The molecule has 0 amide bonds. The van der Waals surface area contributed by atoms with Gasteiger partial charge in [-0.2, -0.15) is 5.10 Å². The first-order valence-corrected chi connectivity index (χ1v) is 12.2. The van der Waals surface area contributed by atoms with Crippen LogP contribution in [0.5, 0.6) is 5.75 Å². The van der Waals surface area contributed by atoms with Gasteiger partial charge >= 0.3 is 0 Å². The van der Waals surface area contributed by atoms with Crippen molar-refractivity contribution in [3.63, 3.8) is 0 Å². The van der Waals surface area contributed by atoms with E-state index in [1.54, 1.807) is 0 Å². The Bertz CT molecular complexity index is 924. The van der Waals surface area contributed by atoms with Gasteiger partial charge in [-0.15, -0.1) is 0 Å². The molecule has 2 aromatic carbocycles. The Kier molecular flexibility index (Phi) is 5.09. The zero-order valence-corrected chi connectivity index (χ0v) is 17.0. The maximum Gasteiger partial charge on any atom is 0.242 e. The van der Waals surface area contributed by atoms with E-state index in [1.165, 1.54) is 0 Å². The molecule has 0 saturated carbocycles. The zero-order chi connectivity index (χ0) is 18.7. The second-order valence-electron chi connectivity index (χ2n) is 7.34. The lowest BCUT2D eigenvalue weighted by Gasteiger charge is -2.21. The number of aryl methyl sites for hydroxylation is 2. The molecule has 3 aromatic rings. The Balaban J connectivity index is 2.18. The first-order valence-electron chi connectivity index (χ1n) is 8.79. The summed E-state index contributed by atoms with van der Waals surface area (Å²) in [5.74, 6) is 1.62. The topological polar surface area (TPSA) is 39.4 Å². The molecule has 3 rings (SSSR count). The van der Waals surface area contributed by atoms with E-state index in [0.29, 0.717) is 0 Å². The van der Waals surface area contributed by atoms with Crippen molar-refractivity contribution in [1.29, 1.82) is 0 Å². The molecule has 0 fully saturated rings. The predicted molar refractivity (Wildman–Crippen MR) is 110 cm³/mol. The van der Waals surface area contributed by atoms with Crippen LogP contribution in [-0.4, -0.2) is 23.9 Å². The summed E-state index contributed by atoms with van der Waals surface area (Å²) in [7, 11) is -1.75. The van der Waals surface area contributed by atoms with Crippen molar-refractivity contribution in [1.82, 2.24) is 9.78 Å². The third-order valence-electron chi connectivity index (χ3n) is 3.81. The van der Waals surface area contributed by atoms with Gasteiger partial charge in [-0.1, -0.05) is 42.5 Å². The summed E-state index contributed by atoms with van der Waals surface area (Å²) in [5, 5.41) is 4.57. The molecule has 0 aliphatic carbocycles. The Morgan fingerprint density at radius 2 is 1.69 bits per heavy atom. The van der Waals surface area contributed by atoms with Gasteiger partial charge in [0.1, 0.15) is 11.4 Å². The summed E-state index contributed by atoms with van der Waals surface area (Å²) in [6.45, 7) is 10.6. The predicted octanol–water partition coefficient (Wildman–Crippen LogP) is 5.34. The molecule has 1 aromatic heterocycles. The Morgan fingerprint density at radius 3 is 2.31 bits per heavy atom. The van der Waals surface area contributed by atoms with Crippen molar-refractivity contribution in [3.05, 3.63) is 77.6 Å². The molecule has 0 saturated heterocycles. The van der Waals surface area contributed by atoms with Gasteiger partial charge in [-0.3, -0.25) is 0 Å². The van der Waals surface area contributed by atoms with Crippen molar-refractivity contribution in [2.24, 2.45) is 4.99 Å². The van der Waals surface area contributed by atoms with Crippen molar-refractivity contribution < 1.29 is 4.43 Å². The van der Waals surface area contributed by atoms with Gasteiger partial charge in [0.2, 0.25) is 8.32 Å². The summed E-state index contributed by atoms with van der Waals surface area (Å²) >= 11 is 0. The van der Waals surface area contributed by atoms with Crippen molar-refractivity contribution in [2.45, 2.75) is 33.5 Å². The van der Waals surface area contributed by atoms with Gasteiger partial charge in [0.15, 0.2) is 5.84 Å². The number of aromatic nitrogens is 2. The summed E-state index contributed by atoms with van der Waals surface area (Å²) in [6.07, 6.45) is 1.94. The molecule has 0 spiro atoms. The second-order valence-corrected chi connectivity index (χ2v) is 11.8. The van der Waals surface area contributed by atoms with Crippen LogP contribution in [0.2, 0.25) is 19.6 Å². The van der Waals surface area contributed by atoms with Gasteiger partial charge in [0.05, 0.1) is 5.69 Å². The van der Waals surface area contributed by atoms with E-state index in [-0.39, 0.29) is 0 Å². The molecule has 0 aliphatic rings. The van der Waals surface area contributed by atoms with E-state index >= 15 is 0 Å². The van der Waals surface area contributed by atoms with Crippen molar-refractivity contribution in [2.75, 3.05) is 0 Å². The van der Waals surface area contributed by atoms with Gasteiger partial charge in [-0.05, 0) is 51.2 Å². The van der Waals surface area contributed by atoms with Crippen LogP contribution < -0.4 is 4.43 Å². The van der Waals surface area contributed by atoms with Crippen LogP contribution in [-0.2, 0) is 0 Å². The summed E-state index contributed by atoms with van der Waals surface area (Å²) < 4.78 is 8.12. The highest BCUT2D eigenvalue weighted by atomic mass is 28.4. The molecule has 134 valence electrons. The Hall–Kier alpha value is -2.66. The van der Waals surface area contributed by atoms with E-state index in [0.717, 1.165) is 34.1 Å².